The lowest BCUT2D eigenvalue weighted by Crippen LogP contribution is -2.56. The first-order valence-electron chi connectivity index (χ1n) is 12.2. The largest absolute Gasteiger partial charge is 0.299 e. The molecule has 28 heavy (non-hydrogen) atoms. The van der Waals surface area contributed by atoms with E-state index in [4.69, 9.17) is 0 Å². The molecule has 2 unspecified atom stereocenters. The molecule has 1 nitrogen and oxygen atoms in total. The minimum atomic E-state index is 0.274. The summed E-state index contributed by atoms with van der Waals surface area (Å²) >= 11 is 7.76. The Morgan fingerprint density at radius 3 is 1.07 bits per heavy atom. The van der Waals surface area contributed by atoms with Crippen LogP contribution < -0.4 is 0 Å². The van der Waals surface area contributed by atoms with Crippen molar-refractivity contribution >= 4 is 37.6 Å². The van der Waals surface area contributed by atoms with Crippen LogP contribution in [0.1, 0.15) is 77.0 Å². The molecule has 8 bridgehead atoms. The normalized spacial score (nSPS) is 52.8. The molecule has 0 spiro atoms. The average molecular weight is 512 g/mol. The van der Waals surface area contributed by atoms with E-state index in [-0.39, 0.29) is 11.8 Å². The summed E-state index contributed by atoms with van der Waals surface area (Å²) in [4.78, 5) is 14.3. The quantitative estimate of drug-likeness (QED) is 0.350. The van der Waals surface area contributed by atoms with E-state index in [2.05, 4.69) is 31.9 Å². The van der Waals surface area contributed by atoms with Crippen LogP contribution in [0.3, 0.4) is 0 Å². The van der Waals surface area contributed by atoms with Crippen molar-refractivity contribution in [1.29, 1.82) is 0 Å². The van der Waals surface area contributed by atoms with Gasteiger partial charge in [0.1, 0.15) is 5.78 Å². The second-order valence-corrected chi connectivity index (χ2v) is 13.7. The highest BCUT2D eigenvalue weighted by molar-refractivity contribution is 9.09. The highest BCUT2D eigenvalue weighted by Crippen LogP contribution is 2.66. The van der Waals surface area contributed by atoms with Gasteiger partial charge in [-0.25, -0.2) is 0 Å². The molecule has 0 saturated heterocycles. The van der Waals surface area contributed by atoms with Crippen molar-refractivity contribution in [3.05, 3.63) is 0 Å². The third-order valence-electron chi connectivity index (χ3n) is 10.6. The van der Waals surface area contributed by atoms with Crippen LogP contribution in [0.25, 0.3) is 0 Å². The molecule has 8 aliphatic rings. The summed E-state index contributed by atoms with van der Waals surface area (Å²) in [5, 5.41) is 1.82. The van der Waals surface area contributed by atoms with Gasteiger partial charge in [-0.2, -0.15) is 0 Å². The van der Waals surface area contributed by atoms with Gasteiger partial charge >= 0.3 is 0 Å². The molecule has 8 fully saturated rings. The number of carbonyl (C=O) groups excluding carboxylic acids is 1. The molecular weight excluding hydrogens is 476 g/mol. The van der Waals surface area contributed by atoms with Crippen molar-refractivity contribution in [2.75, 3.05) is 10.7 Å². The Hall–Kier alpha value is 0.630. The van der Waals surface area contributed by atoms with Crippen LogP contribution in [-0.4, -0.2) is 16.4 Å². The van der Waals surface area contributed by atoms with Crippen molar-refractivity contribution in [1.82, 2.24) is 0 Å². The van der Waals surface area contributed by atoms with Gasteiger partial charge in [0.2, 0.25) is 0 Å². The zero-order valence-corrected chi connectivity index (χ0v) is 20.4. The Morgan fingerprint density at radius 2 is 0.857 bits per heavy atom. The fourth-order valence-corrected chi connectivity index (χ4v) is 12.5. The summed E-state index contributed by atoms with van der Waals surface area (Å²) in [6.07, 6.45) is 17.0. The first kappa shape index (κ1) is 19.3. The van der Waals surface area contributed by atoms with E-state index in [1.165, 1.54) is 77.0 Å². The van der Waals surface area contributed by atoms with Crippen molar-refractivity contribution in [2.45, 2.75) is 77.0 Å². The number of hydrogen-bond acceptors (Lipinski definition) is 1. The lowest BCUT2D eigenvalue weighted by molar-refractivity contribution is -0.152. The van der Waals surface area contributed by atoms with E-state index in [9.17, 15) is 4.79 Å². The maximum Gasteiger partial charge on any atom is 0.141 e. The predicted octanol–water partition coefficient (Wildman–Crippen LogP) is 7.01. The van der Waals surface area contributed by atoms with Crippen molar-refractivity contribution in [3.8, 4) is 0 Å². The molecule has 3 heteroatoms. The van der Waals surface area contributed by atoms with Gasteiger partial charge in [-0.3, -0.25) is 4.79 Å². The Balaban J connectivity index is 1.30. The highest BCUT2D eigenvalue weighted by Gasteiger charge is 2.60. The average Bonchev–Trinajstić information content (AvgIpc) is 2.60. The number of halogens is 2. The fourth-order valence-electron chi connectivity index (χ4n) is 10.5. The summed E-state index contributed by atoms with van der Waals surface area (Å²) < 4.78 is 0. The maximum atomic E-state index is 14.3. The molecule has 0 amide bonds. The Bertz CT molecular complexity index is 530. The summed E-state index contributed by atoms with van der Waals surface area (Å²) in [5.74, 6) is 6.81. The number of hydrogen-bond donors (Lipinski definition) is 0. The zero-order chi connectivity index (χ0) is 19.1. The van der Waals surface area contributed by atoms with Gasteiger partial charge in [0.05, 0.1) is 0 Å². The second-order valence-electron chi connectivity index (χ2n) is 12.4. The molecule has 0 aromatic rings. The van der Waals surface area contributed by atoms with Crippen molar-refractivity contribution < 1.29 is 4.79 Å². The third kappa shape index (κ3) is 2.83. The SMILES string of the molecule is O=C(C(CBr)C12CC3CC(CC(C3)C1)C2)C(CBr)C12CC3CC(CC(C3)C1)C2. The molecule has 0 N–H and O–H groups in total. The minimum absolute atomic E-state index is 0.274. The lowest BCUT2D eigenvalue weighted by Gasteiger charge is -2.61. The summed E-state index contributed by atoms with van der Waals surface area (Å²) in [7, 11) is 0. The van der Waals surface area contributed by atoms with Crippen LogP contribution in [0.5, 0.6) is 0 Å². The molecule has 8 aliphatic carbocycles. The number of Topliss-reactive ketones (excluding diaryl/α,β-unsaturated/α-hetero) is 1. The molecule has 2 atom stereocenters. The lowest BCUT2D eigenvalue weighted by atomic mass is 9.43. The molecule has 0 aromatic carbocycles. The van der Waals surface area contributed by atoms with E-state index < -0.39 is 0 Å². The van der Waals surface area contributed by atoms with Gasteiger partial charge in [-0.1, -0.05) is 31.9 Å². The molecule has 0 aromatic heterocycles. The molecule has 0 heterocycles. The number of rotatable bonds is 6. The van der Waals surface area contributed by atoms with Crippen LogP contribution in [0.15, 0.2) is 0 Å². The van der Waals surface area contributed by atoms with E-state index in [0.29, 0.717) is 16.6 Å². The number of alkyl halides is 2. The smallest absolute Gasteiger partial charge is 0.141 e. The van der Waals surface area contributed by atoms with Crippen LogP contribution in [0, 0.1) is 58.2 Å². The zero-order valence-electron chi connectivity index (χ0n) is 17.2. The molecule has 0 radical (unpaired) electrons. The highest BCUT2D eigenvalue weighted by atomic mass is 79.9. The van der Waals surface area contributed by atoms with Crippen LogP contribution in [0.2, 0.25) is 0 Å². The van der Waals surface area contributed by atoms with Gasteiger partial charge < -0.3 is 0 Å². The van der Waals surface area contributed by atoms with Crippen molar-refractivity contribution in [3.63, 3.8) is 0 Å². The molecule has 8 rings (SSSR count). The maximum absolute atomic E-state index is 14.3. The molecule has 0 aliphatic heterocycles. The first-order chi connectivity index (χ1) is 13.5. The van der Waals surface area contributed by atoms with Gasteiger partial charge in [0.25, 0.3) is 0 Å². The van der Waals surface area contributed by atoms with Crippen LogP contribution in [0.4, 0.5) is 0 Å². The predicted molar refractivity (Wildman–Crippen MR) is 121 cm³/mol. The Labute approximate surface area is 187 Å². The molecule has 156 valence electrons. The Kier molecular flexibility index (Phi) is 4.70. The molecular formula is C25H36Br2O. The summed E-state index contributed by atoms with van der Waals surface area (Å²) in [6.45, 7) is 0. The third-order valence-corrected chi connectivity index (χ3v) is 11.9. The molecule has 8 saturated carbocycles. The van der Waals surface area contributed by atoms with E-state index in [0.717, 1.165) is 46.2 Å². The Morgan fingerprint density at radius 1 is 0.607 bits per heavy atom. The van der Waals surface area contributed by atoms with Gasteiger partial charge in [-0.05, 0) is 123 Å². The van der Waals surface area contributed by atoms with Crippen molar-refractivity contribution in [2.24, 2.45) is 58.2 Å². The van der Waals surface area contributed by atoms with Crippen LogP contribution in [-0.2, 0) is 4.79 Å². The van der Waals surface area contributed by atoms with Gasteiger partial charge in [-0.15, -0.1) is 0 Å². The van der Waals surface area contributed by atoms with Crippen LogP contribution >= 0.6 is 31.9 Å². The summed E-state index contributed by atoms with van der Waals surface area (Å²) in [5.41, 5.74) is 0.691. The number of carbonyl (C=O) groups is 1. The van der Waals surface area contributed by atoms with Gasteiger partial charge in [0.15, 0.2) is 0 Å². The standard InChI is InChI=1S/C25H36Br2O/c26-13-21(24-7-15-1-16(8-24)3-17(2-15)9-24)23(28)22(14-27)25-10-18-4-19(11-25)6-20(5-18)12-25/h15-22H,1-14H2. The first-order valence-corrected chi connectivity index (χ1v) is 14.4. The summed E-state index contributed by atoms with van der Waals surface area (Å²) in [6, 6.07) is 0. The number of ketones is 1. The fraction of sp³-hybridized carbons (Fsp3) is 0.960. The minimum Gasteiger partial charge on any atom is -0.299 e. The second kappa shape index (κ2) is 6.81. The topological polar surface area (TPSA) is 17.1 Å². The van der Waals surface area contributed by atoms with E-state index in [1.54, 1.807) is 0 Å². The van der Waals surface area contributed by atoms with E-state index in [1.807, 2.05) is 0 Å². The van der Waals surface area contributed by atoms with E-state index >= 15 is 0 Å². The van der Waals surface area contributed by atoms with Gasteiger partial charge in [0, 0.05) is 22.5 Å². The monoisotopic (exact) mass is 510 g/mol.